The van der Waals surface area contributed by atoms with E-state index in [1.54, 1.807) is 11.3 Å². The van der Waals surface area contributed by atoms with Crippen LogP contribution < -0.4 is 10.1 Å². The Balaban J connectivity index is 1.28. The van der Waals surface area contributed by atoms with Crippen molar-refractivity contribution in [1.82, 2.24) is 15.3 Å². The van der Waals surface area contributed by atoms with E-state index < -0.39 is 0 Å². The molecule has 0 spiro atoms. The number of benzene rings is 2. The van der Waals surface area contributed by atoms with Crippen LogP contribution in [0.1, 0.15) is 16.1 Å². The van der Waals surface area contributed by atoms with Gasteiger partial charge in [0.2, 0.25) is 0 Å². The van der Waals surface area contributed by atoms with Gasteiger partial charge in [-0.2, -0.15) is 0 Å². The maximum Gasteiger partial charge on any atom is 0.121 e. The molecule has 0 saturated heterocycles. The van der Waals surface area contributed by atoms with E-state index in [4.69, 9.17) is 4.74 Å². The quantitative estimate of drug-likeness (QED) is 0.444. The first-order chi connectivity index (χ1) is 13.7. The van der Waals surface area contributed by atoms with E-state index in [1.807, 2.05) is 31.5 Å². The number of aryl methyl sites for hydroxylation is 2. The SMILES string of the molecule is Cc1ccc(-c2cncc(CNCCOc3ccc4sc(C)nc4c3)c2)cc1. The fraction of sp³-hybridized carbons (Fsp3) is 0.217. The van der Waals surface area contributed by atoms with Crippen molar-refractivity contribution < 1.29 is 4.74 Å². The second-order valence-electron chi connectivity index (χ2n) is 6.84. The highest BCUT2D eigenvalue weighted by atomic mass is 32.1. The Morgan fingerprint density at radius 3 is 2.68 bits per heavy atom. The van der Waals surface area contributed by atoms with E-state index in [2.05, 4.69) is 58.6 Å². The van der Waals surface area contributed by atoms with Crippen molar-refractivity contribution in [2.45, 2.75) is 20.4 Å². The zero-order valence-electron chi connectivity index (χ0n) is 16.1. The monoisotopic (exact) mass is 389 g/mol. The van der Waals surface area contributed by atoms with E-state index in [1.165, 1.54) is 15.8 Å². The number of pyridine rings is 1. The van der Waals surface area contributed by atoms with Gasteiger partial charge in [0.1, 0.15) is 12.4 Å². The minimum absolute atomic E-state index is 0.611. The Morgan fingerprint density at radius 1 is 0.964 bits per heavy atom. The molecule has 0 radical (unpaired) electrons. The maximum atomic E-state index is 5.85. The van der Waals surface area contributed by atoms with Gasteiger partial charge in [0.15, 0.2) is 0 Å². The largest absolute Gasteiger partial charge is 0.492 e. The molecular formula is C23H23N3OS. The van der Waals surface area contributed by atoms with Crippen molar-refractivity contribution in [3.63, 3.8) is 0 Å². The third-order valence-electron chi connectivity index (χ3n) is 4.52. The first-order valence-corrected chi connectivity index (χ1v) is 10.2. The first-order valence-electron chi connectivity index (χ1n) is 9.39. The van der Waals surface area contributed by atoms with E-state index >= 15 is 0 Å². The molecule has 0 unspecified atom stereocenters. The van der Waals surface area contributed by atoms with Crippen molar-refractivity contribution in [2.75, 3.05) is 13.2 Å². The minimum Gasteiger partial charge on any atom is -0.492 e. The summed E-state index contributed by atoms with van der Waals surface area (Å²) < 4.78 is 7.05. The molecule has 0 aliphatic heterocycles. The van der Waals surface area contributed by atoms with Crippen LogP contribution in [-0.4, -0.2) is 23.1 Å². The van der Waals surface area contributed by atoms with Gasteiger partial charge in [-0.1, -0.05) is 29.8 Å². The average Bonchev–Trinajstić information content (AvgIpc) is 3.08. The fourth-order valence-electron chi connectivity index (χ4n) is 3.07. The van der Waals surface area contributed by atoms with E-state index in [-0.39, 0.29) is 0 Å². The summed E-state index contributed by atoms with van der Waals surface area (Å²) in [5.41, 5.74) is 5.77. The Kier molecular flexibility index (Phi) is 5.65. The third kappa shape index (κ3) is 4.55. The summed E-state index contributed by atoms with van der Waals surface area (Å²) in [6, 6.07) is 16.8. The second kappa shape index (κ2) is 8.50. The first kappa shape index (κ1) is 18.6. The highest BCUT2D eigenvalue weighted by Crippen LogP contribution is 2.25. The predicted octanol–water partition coefficient (Wildman–Crippen LogP) is 5.14. The molecule has 0 saturated carbocycles. The van der Waals surface area contributed by atoms with Crippen molar-refractivity contribution in [1.29, 1.82) is 0 Å². The minimum atomic E-state index is 0.611. The van der Waals surface area contributed by atoms with Crippen molar-refractivity contribution >= 4 is 21.6 Å². The Hall–Kier alpha value is -2.76. The molecule has 0 aliphatic carbocycles. The molecule has 2 heterocycles. The molecule has 28 heavy (non-hydrogen) atoms. The van der Waals surface area contributed by atoms with E-state index in [0.717, 1.165) is 40.5 Å². The van der Waals surface area contributed by atoms with Crippen LogP contribution in [0.25, 0.3) is 21.3 Å². The summed E-state index contributed by atoms with van der Waals surface area (Å²) in [5, 5.41) is 4.50. The summed E-state index contributed by atoms with van der Waals surface area (Å²) in [5.74, 6) is 0.864. The van der Waals surface area contributed by atoms with Gasteiger partial charge in [-0.15, -0.1) is 11.3 Å². The lowest BCUT2D eigenvalue weighted by atomic mass is 10.0. The summed E-state index contributed by atoms with van der Waals surface area (Å²) >= 11 is 1.71. The van der Waals surface area contributed by atoms with E-state index in [9.17, 15) is 0 Å². The van der Waals surface area contributed by atoms with Gasteiger partial charge in [0.05, 0.1) is 15.2 Å². The van der Waals surface area contributed by atoms with Crippen LogP contribution in [0, 0.1) is 13.8 Å². The van der Waals surface area contributed by atoms with Gasteiger partial charge in [-0.25, -0.2) is 4.98 Å². The van der Waals surface area contributed by atoms with Crippen molar-refractivity contribution in [3.05, 3.63) is 77.1 Å². The molecule has 4 nitrogen and oxygen atoms in total. The number of rotatable bonds is 7. The molecular weight excluding hydrogens is 366 g/mol. The van der Waals surface area contributed by atoms with Crippen LogP contribution in [0.5, 0.6) is 5.75 Å². The number of ether oxygens (including phenoxy) is 1. The molecule has 4 aromatic rings. The Morgan fingerprint density at radius 2 is 1.82 bits per heavy atom. The number of nitrogens with one attached hydrogen (secondary N) is 1. The zero-order valence-corrected chi connectivity index (χ0v) is 16.9. The molecule has 0 aliphatic rings. The highest BCUT2D eigenvalue weighted by Gasteiger charge is 2.03. The van der Waals surface area contributed by atoms with Gasteiger partial charge in [0, 0.05) is 37.1 Å². The maximum absolute atomic E-state index is 5.85. The standard InChI is InChI=1S/C23H23N3OS/c1-16-3-5-19(6-4-16)20-11-18(14-25-15-20)13-24-9-10-27-21-7-8-23-22(12-21)26-17(2)28-23/h3-8,11-12,14-15,24H,9-10,13H2,1-2H3. The van der Waals surface area contributed by atoms with E-state index in [0.29, 0.717) is 6.61 Å². The summed E-state index contributed by atoms with van der Waals surface area (Å²) in [4.78, 5) is 8.90. The molecule has 1 N–H and O–H groups in total. The van der Waals surface area contributed by atoms with Crippen LogP contribution in [0.15, 0.2) is 60.9 Å². The van der Waals surface area contributed by atoms with Gasteiger partial charge in [-0.3, -0.25) is 4.98 Å². The van der Waals surface area contributed by atoms with Crippen LogP contribution in [-0.2, 0) is 6.54 Å². The lowest BCUT2D eigenvalue weighted by Gasteiger charge is -2.09. The number of hydrogen-bond acceptors (Lipinski definition) is 5. The molecule has 2 aromatic heterocycles. The number of thiazole rings is 1. The number of nitrogens with zero attached hydrogens (tertiary/aromatic N) is 2. The Labute approximate surface area is 169 Å². The fourth-order valence-corrected chi connectivity index (χ4v) is 3.88. The lowest BCUT2D eigenvalue weighted by molar-refractivity contribution is 0.314. The van der Waals surface area contributed by atoms with Crippen molar-refractivity contribution in [2.24, 2.45) is 0 Å². The number of hydrogen-bond donors (Lipinski definition) is 1. The average molecular weight is 390 g/mol. The molecule has 0 amide bonds. The zero-order chi connectivity index (χ0) is 19.3. The van der Waals surface area contributed by atoms with Gasteiger partial charge >= 0.3 is 0 Å². The molecule has 2 aromatic carbocycles. The van der Waals surface area contributed by atoms with Crippen molar-refractivity contribution in [3.8, 4) is 16.9 Å². The van der Waals surface area contributed by atoms with Crippen LogP contribution in [0.2, 0.25) is 0 Å². The molecule has 0 bridgehead atoms. The molecule has 142 valence electrons. The predicted molar refractivity (Wildman–Crippen MR) is 116 cm³/mol. The number of fused-ring (bicyclic) bond motifs is 1. The van der Waals surface area contributed by atoms with Crippen LogP contribution >= 0.6 is 11.3 Å². The van der Waals surface area contributed by atoms with Gasteiger partial charge in [0.25, 0.3) is 0 Å². The van der Waals surface area contributed by atoms with Crippen LogP contribution in [0.4, 0.5) is 0 Å². The summed E-state index contributed by atoms with van der Waals surface area (Å²) in [6.45, 7) is 6.27. The summed E-state index contributed by atoms with van der Waals surface area (Å²) in [7, 11) is 0. The highest BCUT2D eigenvalue weighted by molar-refractivity contribution is 7.18. The van der Waals surface area contributed by atoms with Gasteiger partial charge < -0.3 is 10.1 Å². The molecule has 0 atom stereocenters. The Bertz CT molecular complexity index is 1070. The molecule has 4 rings (SSSR count). The number of aromatic nitrogens is 2. The third-order valence-corrected chi connectivity index (χ3v) is 5.47. The van der Waals surface area contributed by atoms with Gasteiger partial charge in [-0.05, 0) is 43.2 Å². The molecule has 0 fully saturated rings. The lowest BCUT2D eigenvalue weighted by Crippen LogP contribution is -2.20. The smallest absolute Gasteiger partial charge is 0.121 e. The summed E-state index contributed by atoms with van der Waals surface area (Å²) in [6.07, 6.45) is 3.82. The molecule has 5 heteroatoms. The topological polar surface area (TPSA) is 47.0 Å². The normalized spacial score (nSPS) is 11.1. The van der Waals surface area contributed by atoms with Crippen LogP contribution in [0.3, 0.4) is 0 Å². The second-order valence-corrected chi connectivity index (χ2v) is 8.07.